The van der Waals surface area contributed by atoms with Gasteiger partial charge in [0.1, 0.15) is 17.7 Å². The third-order valence-electron chi connectivity index (χ3n) is 3.92. The fourth-order valence-corrected chi connectivity index (χ4v) is 2.49. The first-order chi connectivity index (χ1) is 12.5. The lowest BCUT2D eigenvalue weighted by molar-refractivity contribution is -0.140. The minimum atomic E-state index is -0.509. The van der Waals surface area contributed by atoms with Crippen molar-refractivity contribution in [1.29, 1.82) is 0 Å². The number of benzene rings is 1. The number of aromatic nitrogens is 2. The largest absolute Gasteiger partial charge is 0.469 e. The van der Waals surface area contributed by atoms with Crippen LogP contribution in [-0.4, -0.2) is 35.2 Å². The molecule has 26 heavy (non-hydrogen) atoms. The Balaban J connectivity index is 1.94. The zero-order chi connectivity index (χ0) is 18.9. The predicted octanol–water partition coefficient (Wildman–Crippen LogP) is 2.29. The molecule has 0 aliphatic rings. The first-order valence-electron chi connectivity index (χ1n) is 8.35. The van der Waals surface area contributed by atoms with E-state index in [9.17, 15) is 14.0 Å². The molecule has 2 N–H and O–H groups in total. The van der Waals surface area contributed by atoms with Gasteiger partial charge >= 0.3 is 12.0 Å². The maximum absolute atomic E-state index is 13.2. The Morgan fingerprint density at radius 2 is 2.00 bits per heavy atom. The van der Waals surface area contributed by atoms with E-state index >= 15 is 0 Å². The number of carbonyl (C=O) groups excluding carboxylic acids is 2. The molecule has 0 aliphatic heterocycles. The molecule has 0 fully saturated rings. The fourth-order valence-electron chi connectivity index (χ4n) is 2.49. The van der Waals surface area contributed by atoms with Gasteiger partial charge in [0, 0.05) is 32.4 Å². The minimum Gasteiger partial charge on any atom is -0.469 e. The Bertz CT molecular complexity index is 730. The smallest absolute Gasteiger partial charge is 0.315 e. The van der Waals surface area contributed by atoms with Gasteiger partial charge in [0.2, 0.25) is 0 Å². The predicted molar refractivity (Wildman–Crippen MR) is 93.9 cm³/mol. The first kappa shape index (κ1) is 19.4. The molecule has 7 nitrogen and oxygen atoms in total. The van der Waals surface area contributed by atoms with Crippen LogP contribution in [0.15, 0.2) is 36.7 Å². The monoisotopic (exact) mass is 362 g/mol. The lowest BCUT2D eigenvalue weighted by atomic mass is 10.1. The van der Waals surface area contributed by atoms with Gasteiger partial charge in [0.15, 0.2) is 0 Å². The molecule has 2 rings (SSSR count). The number of rotatable bonds is 8. The summed E-state index contributed by atoms with van der Waals surface area (Å²) in [5, 5.41) is 5.61. The topological polar surface area (TPSA) is 85.2 Å². The number of carbonyl (C=O) groups is 2. The van der Waals surface area contributed by atoms with E-state index in [4.69, 9.17) is 0 Å². The maximum Gasteiger partial charge on any atom is 0.315 e. The van der Waals surface area contributed by atoms with Crippen molar-refractivity contribution in [1.82, 2.24) is 20.2 Å². The first-order valence-corrected chi connectivity index (χ1v) is 8.35. The highest BCUT2D eigenvalue weighted by Gasteiger charge is 2.20. The number of esters is 1. The van der Waals surface area contributed by atoms with Gasteiger partial charge in [0.05, 0.1) is 7.11 Å². The lowest BCUT2D eigenvalue weighted by Crippen LogP contribution is -2.39. The average Bonchev–Trinajstić information content (AvgIpc) is 3.05. The SMILES string of the molecule is COC(=O)CCCCNC(=O)NC(c1ccc(F)cc1)c1nccn1C. The molecular formula is C18H23FN4O3. The van der Waals surface area contributed by atoms with E-state index in [0.717, 1.165) is 5.56 Å². The van der Waals surface area contributed by atoms with Crippen LogP contribution in [0.25, 0.3) is 0 Å². The van der Waals surface area contributed by atoms with Gasteiger partial charge in [-0.1, -0.05) is 12.1 Å². The van der Waals surface area contributed by atoms with Crippen LogP contribution in [0.1, 0.15) is 36.7 Å². The van der Waals surface area contributed by atoms with Crippen molar-refractivity contribution < 1.29 is 18.7 Å². The van der Waals surface area contributed by atoms with Crippen LogP contribution in [0, 0.1) is 5.82 Å². The number of aryl methyl sites for hydroxylation is 1. The van der Waals surface area contributed by atoms with Crippen molar-refractivity contribution in [2.24, 2.45) is 7.05 Å². The summed E-state index contributed by atoms with van der Waals surface area (Å²) >= 11 is 0. The summed E-state index contributed by atoms with van der Waals surface area (Å²) in [5.41, 5.74) is 0.724. The van der Waals surface area contributed by atoms with Crippen LogP contribution in [0.3, 0.4) is 0 Å². The third-order valence-corrected chi connectivity index (χ3v) is 3.92. The van der Waals surface area contributed by atoms with Crippen LogP contribution in [0.5, 0.6) is 0 Å². The number of methoxy groups -OCH3 is 1. The molecule has 0 radical (unpaired) electrons. The van der Waals surface area contributed by atoms with Crippen molar-refractivity contribution in [3.05, 3.63) is 53.9 Å². The Kier molecular flexibility index (Phi) is 7.13. The second-order valence-corrected chi connectivity index (χ2v) is 5.81. The van der Waals surface area contributed by atoms with Crippen molar-refractivity contribution >= 4 is 12.0 Å². The number of hydrogen-bond donors (Lipinski definition) is 2. The van der Waals surface area contributed by atoms with Crippen molar-refractivity contribution in [3.8, 4) is 0 Å². The number of imidazole rings is 1. The molecule has 1 unspecified atom stereocenters. The molecule has 0 saturated carbocycles. The van der Waals surface area contributed by atoms with Gasteiger partial charge in [0.25, 0.3) is 0 Å². The highest BCUT2D eigenvalue weighted by Crippen LogP contribution is 2.20. The highest BCUT2D eigenvalue weighted by atomic mass is 19.1. The van der Waals surface area contributed by atoms with Gasteiger partial charge < -0.3 is 19.9 Å². The lowest BCUT2D eigenvalue weighted by Gasteiger charge is -2.19. The summed E-state index contributed by atoms with van der Waals surface area (Å²) < 4.78 is 19.6. The van der Waals surface area contributed by atoms with E-state index in [1.165, 1.54) is 19.2 Å². The van der Waals surface area contributed by atoms with E-state index in [1.54, 1.807) is 29.1 Å². The normalized spacial score (nSPS) is 11.7. The van der Waals surface area contributed by atoms with Crippen LogP contribution in [0.2, 0.25) is 0 Å². The number of nitrogens with one attached hydrogen (secondary N) is 2. The number of halogens is 1. The van der Waals surface area contributed by atoms with E-state index in [0.29, 0.717) is 31.6 Å². The second-order valence-electron chi connectivity index (χ2n) is 5.81. The molecule has 8 heteroatoms. The van der Waals surface area contributed by atoms with Gasteiger partial charge in [-0.3, -0.25) is 4.79 Å². The number of unbranched alkanes of at least 4 members (excludes halogenated alkanes) is 1. The number of amides is 2. The highest BCUT2D eigenvalue weighted by molar-refractivity contribution is 5.74. The van der Waals surface area contributed by atoms with Crippen LogP contribution < -0.4 is 10.6 Å². The molecular weight excluding hydrogens is 339 g/mol. The Hall–Kier alpha value is -2.90. The average molecular weight is 362 g/mol. The number of hydrogen-bond acceptors (Lipinski definition) is 4. The van der Waals surface area contributed by atoms with Crippen LogP contribution in [0.4, 0.5) is 9.18 Å². The third kappa shape index (κ3) is 5.58. The molecule has 0 saturated heterocycles. The summed E-state index contributed by atoms with van der Waals surface area (Å²) in [6.45, 7) is 0.430. The second kappa shape index (κ2) is 9.55. The Labute approximate surface area is 151 Å². The molecule has 0 bridgehead atoms. The Morgan fingerprint density at radius 1 is 1.27 bits per heavy atom. The van der Waals surface area contributed by atoms with Crippen LogP contribution >= 0.6 is 0 Å². The summed E-state index contributed by atoms with van der Waals surface area (Å²) in [7, 11) is 3.17. The molecule has 2 aromatic rings. The minimum absolute atomic E-state index is 0.263. The van der Waals surface area contributed by atoms with E-state index in [-0.39, 0.29) is 17.8 Å². The molecule has 1 atom stereocenters. The fraction of sp³-hybridized carbons (Fsp3) is 0.389. The van der Waals surface area contributed by atoms with Crippen molar-refractivity contribution in [2.45, 2.75) is 25.3 Å². The molecule has 2 amide bonds. The molecule has 1 heterocycles. The van der Waals surface area contributed by atoms with Crippen molar-refractivity contribution in [3.63, 3.8) is 0 Å². The molecule has 0 aliphatic carbocycles. The number of urea groups is 1. The van der Waals surface area contributed by atoms with E-state index in [2.05, 4.69) is 20.4 Å². The zero-order valence-corrected chi connectivity index (χ0v) is 14.9. The summed E-state index contributed by atoms with van der Waals surface area (Å²) in [6, 6.07) is 5.05. The van der Waals surface area contributed by atoms with Gasteiger partial charge in [-0.25, -0.2) is 14.2 Å². The van der Waals surface area contributed by atoms with E-state index < -0.39 is 6.04 Å². The quantitative estimate of drug-likeness (QED) is 0.557. The van der Waals surface area contributed by atoms with Crippen LogP contribution in [-0.2, 0) is 16.6 Å². The summed E-state index contributed by atoms with van der Waals surface area (Å²) in [5.74, 6) is 0.0282. The summed E-state index contributed by atoms with van der Waals surface area (Å²) in [4.78, 5) is 27.6. The molecule has 0 spiro atoms. The number of ether oxygens (including phenoxy) is 1. The Morgan fingerprint density at radius 3 is 2.62 bits per heavy atom. The van der Waals surface area contributed by atoms with Crippen molar-refractivity contribution in [2.75, 3.05) is 13.7 Å². The maximum atomic E-state index is 13.2. The standard InChI is InChI=1S/C18H23FN4O3/c1-23-12-11-20-17(23)16(13-6-8-14(19)9-7-13)22-18(25)21-10-4-3-5-15(24)26-2/h6-9,11-12,16H,3-5,10H2,1-2H3,(H2,21,22,25). The van der Waals surface area contributed by atoms with Gasteiger partial charge in [-0.2, -0.15) is 0 Å². The van der Waals surface area contributed by atoms with E-state index in [1.807, 2.05) is 7.05 Å². The summed E-state index contributed by atoms with van der Waals surface area (Å²) in [6.07, 6.45) is 5.03. The molecule has 1 aromatic carbocycles. The number of nitrogens with zero attached hydrogens (tertiary/aromatic N) is 2. The zero-order valence-electron chi connectivity index (χ0n) is 14.9. The van der Waals surface area contributed by atoms with Gasteiger partial charge in [-0.05, 0) is 30.5 Å². The molecule has 1 aromatic heterocycles. The molecule has 140 valence electrons. The van der Waals surface area contributed by atoms with Gasteiger partial charge in [-0.15, -0.1) is 0 Å².